The molecule has 88 valence electrons. The summed E-state index contributed by atoms with van der Waals surface area (Å²) in [7, 11) is 0. The molecule has 0 saturated heterocycles. The fourth-order valence-corrected chi connectivity index (χ4v) is 1.74. The van der Waals surface area contributed by atoms with Crippen molar-refractivity contribution in [2.75, 3.05) is 0 Å². The van der Waals surface area contributed by atoms with Crippen LogP contribution in [0.5, 0.6) is 0 Å². The van der Waals surface area contributed by atoms with Crippen LogP contribution >= 0.6 is 0 Å². The van der Waals surface area contributed by atoms with Gasteiger partial charge in [-0.2, -0.15) is 0 Å². The quantitative estimate of drug-likeness (QED) is 0.799. The molecule has 1 aliphatic rings. The van der Waals surface area contributed by atoms with Crippen LogP contribution in [-0.2, 0) is 11.2 Å². The topological polar surface area (TPSA) is 76.2 Å². The first-order chi connectivity index (χ1) is 7.66. The molecule has 0 bridgehead atoms. The minimum Gasteiger partial charge on any atom is -0.481 e. The molecule has 1 fully saturated rings. The summed E-state index contributed by atoms with van der Waals surface area (Å²) in [5.41, 5.74) is 0. The van der Waals surface area contributed by atoms with Gasteiger partial charge < -0.3 is 9.52 Å². The van der Waals surface area contributed by atoms with E-state index in [4.69, 9.17) is 9.52 Å². The Morgan fingerprint density at radius 3 is 2.94 bits per heavy atom. The molecule has 1 aliphatic carbocycles. The highest BCUT2D eigenvalue weighted by molar-refractivity contribution is 5.66. The Morgan fingerprint density at radius 2 is 2.31 bits per heavy atom. The predicted molar refractivity (Wildman–Crippen MR) is 56.0 cm³/mol. The van der Waals surface area contributed by atoms with E-state index in [9.17, 15) is 4.79 Å². The van der Waals surface area contributed by atoms with Crippen LogP contribution in [0.15, 0.2) is 4.42 Å². The van der Waals surface area contributed by atoms with Crippen LogP contribution in [0.3, 0.4) is 0 Å². The summed E-state index contributed by atoms with van der Waals surface area (Å²) in [6, 6.07) is 0. The molecule has 2 rings (SSSR count). The normalized spacial score (nSPS) is 17.3. The molecule has 5 nitrogen and oxygen atoms in total. The van der Waals surface area contributed by atoms with Crippen molar-refractivity contribution in [3.63, 3.8) is 0 Å². The molecule has 0 aromatic carbocycles. The molecule has 0 aliphatic heterocycles. The van der Waals surface area contributed by atoms with Gasteiger partial charge in [-0.15, -0.1) is 10.2 Å². The number of carboxylic acid groups (broad SMARTS) is 1. The standard InChI is InChI=1S/C11H16N2O3/c1-7(8-5-6-8)11-13-12-9(16-11)3-2-4-10(14)15/h7-8H,2-6H2,1H3,(H,14,15). The number of rotatable bonds is 6. The Bertz CT molecular complexity index is 371. The zero-order valence-electron chi connectivity index (χ0n) is 9.35. The second-order valence-corrected chi connectivity index (χ2v) is 4.41. The maximum absolute atomic E-state index is 10.3. The predicted octanol–water partition coefficient (Wildman–Crippen LogP) is 1.99. The van der Waals surface area contributed by atoms with E-state index in [1.54, 1.807) is 0 Å². The second-order valence-electron chi connectivity index (χ2n) is 4.41. The van der Waals surface area contributed by atoms with Gasteiger partial charge in [-0.3, -0.25) is 4.79 Å². The molecule has 16 heavy (non-hydrogen) atoms. The first-order valence-electron chi connectivity index (χ1n) is 5.71. The van der Waals surface area contributed by atoms with Gasteiger partial charge >= 0.3 is 5.97 Å². The van der Waals surface area contributed by atoms with E-state index in [0.29, 0.717) is 36.5 Å². The molecule has 5 heteroatoms. The smallest absolute Gasteiger partial charge is 0.303 e. The van der Waals surface area contributed by atoms with Gasteiger partial charge in [-0.1, -0.05) is 6.92 Å². The maximum Gasteiger partial charge on any atom is 0.303 e. The Kier molecular flexibility index (Phi) is 3.22. The first kappa shape index (κ1) is 11.1. The van der Waals surface area contributed by atoms with Crippen molar-refractivity contribution in [2.24, 2.45) is 5.92 Å². The third-order valence-electron chi connectivity index (χ3n) is 2.98. The minimum absolute atomic E-state index is 0.149. The van der Waals surface area contributed by atoms with Crippen LogP contribution in [0.25, 0.3) is 0 Å². The van der Waals surface area contributed by atoms with Crippen molar-refractivity contribution in [1.82, 2.24) is 10.2 Å². The molecular weight excluding hydrogens is 208 g/mol. The van der Waals surface area contributed by atoms with Crippen LogP contribution < -0.4 is 0 Å². The number of carbonyl (C=O) groups is 1. The van der Waals surface area contributed by atoms with Crippen molar-refractivity contribution < 1.29 is 14.3 Å². The van der Waals surface area contributed by atoms with Gasteiger partial charge in [0, 0.05) is 18.8 Å². The van der Waals surface area contributed by atoms with Crippen LogP contribution in [0, 0.1) is 5.92 Å². The molecule has 1 unspecified atom stereocenters. The zero-order valence-corrected chi connectivity index (χ0v) is 9.35. The van der Waals surface area contributed by atoms with Gasteiger partial charge in [0.15, 0.2) is 0 Å². The van der Waals surface area contributed by atoms with E-state index in [0.717, 1.165) is 0 Å². The molecule has 0 spiro atoms. The SMILES string of the molecule is CC(c1nnc(CCCC(=O)O)o1)C1CC1. The number of carboxylic acids is 1. The molecule has 1 heterocycles. The molecule has 1 aromatic heterocycles. The van der Waals surface area contributed by atoms with Gasteiger partial charge in [-0.05, 0) is 25.2 Å². The molecular formula is C11H16N2O3. The van der Waals surface area contributed by atoms with Gasteiger partial charge in [0.1, 0.15) is 0 Å². The highest BCUT2D eigenvalue weighted by Crippen LogP contribution is 2.41. The number of aliphatic carboxylic acids is 1. The van der Waals surface area contributed by atoms with Crippen molar-refractivity contribution in [1.29, 1.82) is 0 Å². The van der Waals surface area contributed by atoms with Gasteiger partial charge in [0.2, 0.25) is 11.8 Å². The number of hydrogen-bond donors (Lipinski definition) is 1. The molecule has 1 aromatic rings. The fourth-order valence-electron chi connectivity index (χ4n) is 1.74. The minimum atomic E-state index is -0.786. The summed E-state index contributed by atoms with van der Waals surface area (Å²) in [5, 5.41) is 16.4. The van der Waals surface area contributed by atoms with Crippen LogP contribution in [0.4, 0.5) is 0 Å². The van der Waals surface area contributed by atoms with Crippen molar-refractivity contribution in [3.8, 4) is 0 Å². The first-order valence-corrected chi connectivity index (χ1v) is 5.71. The van der Waals surface area contributed by atoms with E-state index in [1.165, 1.54) is 12.8 Å². The molecule has 1 saturated carbocycles. The average Bonchev–Trinajstić information content (AvgIpc) is 2.97. The lowest BCUT2D eigenvalue weighted by Gasteiger charge is -2.01. The highest BCUT2D eigenvalue weighted by atomic mass is 16.4. The van der Waals surface area contributed by atoms with E-state index in [-0.39, 0.29) is 6.42 Å². The van der Waals surface area contributed by atoms with Crippen molar-refractivity contribution >= 4 is 5.97 Å². The maximum atomic E-state index is 10.3. The van der Waals surface area contributed by atoms with E-state index in [1.807, 2.05) is 0 Å². The van der Waals surface area contributed by atoms with Crippen LogP contribution in [0.2, 0.25) is 0 Å². The summed E-state index contributed by atoms with van der Waals surface area (Å²) in [4.78, 5) is 10.3. The average molecular weight is 224 g/mol. The van der Waals surface area contributed by atoms with Gasteiger partial charge in [0.25, 0.3) is 0 Å². The Labute approximate surface area is 93.9 Å². The van der Waals surface area contributed by atoms with Crippen molar-refractivity contribution in [3.05, 3.63) is 11.8 Å². The molecule has 1 N–H and O–H groups in total. The van der Waals surface area contributed by atoms with E-state index < -0.39 is 5.97 Å². The number of aryl methyl sites for hydroxylation is 1. The summed E-state index contributed by atoms with van der Waals surface area (Å²) < 4.78 is 5.51. The lowest BCUT2D eigenvalue weighted by Crippen LogP contribution is -1.96. The Balaban J connectivity index is 1.84. The van der Waals surface area contributed by atoms with E-state index in [2.05, 4.69) is 17.1 Å². The van der Waals surface area contributed by atoms with Gasteiger partial charge in [0.05, 0.1) is 0 Å². The molecule has 0 amide bonds. The largest absolute Gasteiger partial charge is 0.481 e. The molecule has 1 atom stereocenters. The summed E-state index contributed by atoms with van der Waals surface area (Å²) in [6.07, 6.45) is 3.75. The summed E-state index contributed by atoms with van der Waals surface area (Å²) in [6.45, 7) is 2.10. The second kappa shape index (κ2) is 4.63. The highest BCUT2D eigenvalue weighted by Gasteiger charge is 2.32. The zero-order chi connectivity index (χ0) is 11.5. The van der Waals surface area contributed by atoms with Crippen LogP contribution in [0.1, 0.15) is 50.3 Å². The third-order valence-corrected chi connectivity index (χ3v) is 2.98. The Hall–Kier alpha value is -1.39. The monoisotopic (exact) mass is 224 g/mol. The number of hydrogen-bond acceptors (Lipinski definition) is 4. The lowest BCUT2D eigenvalue weighted by molar-refractivity contribution is -0.137. The fraction of sp³-hybridized carbons (Fsp3) is 0.727. The van der Waals surface area contributed by atoms with Gasteiger partial charge in [-0.25, -0.2) is 0 Å². The number of aromatic nitrogens is 2. The Morgan fingerprint density at radius 1 is 1.56 bits per heavy atom. The summed E-state index contributed by atoms with van der Waals surface area (Å²) >= 11 is 0. The summed E-state index contributed by atoms with van der Waals surface area (Å²) in [5.74, 6) is 1.52. The molecule has 0 radical (unpaired) electrons. The van der Waals surface area contributed by atoms with Crippen molar-refractivity contribution in [2.45, 2.75) is 44.9 Å². The lowest BCUT2D eigenvalue weighted by atomic mass is 10.1. The van der Waals surface area contributed by atoms with E-state index >= 15 is 0 Å². The number of nitrogens with zero attached hydrogens (tertiary/aromatic N) is 2. The third kappa shape index (κ3) is 2.81. The van der Waals surface area contributed by atoms with Crippen LogP contribution in [-0.4, -0.2) is 21.3 Å².